The van der Waals surface area contributed by atoms with Crippen molar-refractivity contribution in [2.45, 2.75) is 47.5 Å². The minimum atomic E-state index is 0.589. The molecule has 11 heavy (non-hydrogen) atoms. The molecule has 1 aliphatic carbocycles. The fourth-order valence-corrected chi connectivity index (χ4v) is 2.32. The van der Waals surface area contributed by atoms with Gasteiger partial charge in [0.05, 0.1) is 0 Å². The minimum absolute atomic E-state index is 0.589. The molecule has 0 N–H and O–H groups in total. The Morgan fingerprint density at radius 3 is 2.09 bits per heavy atom. The van der Waals surface area contributed by atoms with E-state index in [1.54, 1.807) is 0 Å². The molecule has 3 unspecified atom stereocenters. The molecule has 0 aromatic heterocycles. The van der Waals surface area contributed by atoms with Crippen molar-refractivity contribution in [3.63, 3.8) is 0 Å². The number of rotatable bonds is 2. The zero-order valence-electron chi connectivity index (χ0n) is 8.65. The van der Waals surface area contributed by atoms with Crippen LogP contribution >= 0.6 is 0 Å². The van der Waals surface area contributed by atoms with Crippen molar-refractivity contribution in [1.29, 1.82) is 0 Å². The molecule has 1 aliphatic rings. The highest BCUT2D eigenvalue weighted by Crippen LogP contribution is 2.50. The van der Waals surface area contributed by atoms with Gasteiger partial charge in [-0.2, -0.15) is 0 Å². The van der Waals surface area contributed by atoms with E-state index in [2.05, 4.69) is 34.6 Å². The van der Waals surface area contributed by atoms with Crippen LogP contribution in [-0.4, -0.2) is 0 Å². The van der Waals surface area contributed by atoms with Gasteiger partial charge < -0.3 is 0 Å². The van der Waals surface area contributed by atoms with E-state index in [1.807, 2.05) is 0 Å². The Kier molecular flexibility index (Phi) is 2.32. The molecule has 1 saturated carbocycles. The van der Waals surface area contributed by atoms with Gasteiger partial charge in [-0.25, -0.2) is 0 Å². The topological polar surface area (TPSA) is 0 Å². The first-order chi connectivity index (χ1) is 4.99. The van der Waals surface area contributed by atoms with Gasteiger partial charge in [-0.3, -0.25) is 0 Å². The van der Waals surface area contributed by atoms with Crippen LogP contribution in [0.5, 0.6) is 0 Å². The molecule has 0 heterocycles. The van der Waals surface area contributed by atoms with E-state index >= 15 is 0 Å². The van der Waals surface area contributed by atoms with Crippen molar-refractivity contribution < 1.29 is 0 Å². The summed E-state index contributed by atoms with van der Waals surface area (Å²) in [5, 5.41) is 0. The molecule has 0 bridgehead atoms. The molecular weight excluding hydrogens is 132 g/mol. The lowest BCUT2D eigenvalue weighted by Gasteiger charge is -2.50. The first kappa shape index (κ1) is 9.09. The lowest BCUT2D eigenvalue weighted by Crippen LogP contribution is -2.42. The molecule has 0 heteroatoms. The van der Waals surface area contributed by atoms with E-state index < -0.39 is 0 Å². The van der Waals surface area contributed by atoms with Crippen LogP contribution in [0.1, 0.15) is 47.5 Å². The Morgan fingerprint density at radius 1 is 1.27 bits per heavy atom. The van der Waals surface area contributed by atoms with Gasteiger partial charge in [0.2, 0.25) is 0 Å². The van der Waals surface area contributed by atoms with Gasteiger partial charge >= 0.3 is 0 Å². The van der Waals surface area contributed by atoms with E-state index in [9.17, 15) is 0 Å². The number of hydrogen-bond acceptors (Lipinski definition) is 0. The van der Waals surface area contributed by atoms with Crippen LogP contribution in [0.15, 0.2) is 0 Å². The summed E-state index contributed by atoms with van der Waals surface area (Å²) >= 11 is 0. The summed E-state index contributed by atoms with van der Waals surface area (Å²) in [7, 11) is 0. The fourth-order valence-electron chi connectivity index (χ4n) is 2.32. The lowest BCUT2D eigenvalue weighted by atomic mass is 9.56. The lowest BCUT2D eigenvalue weighted by molar-refractivity contribution is -0.00250. The largest absolute Gasteiger partial charge is 0.0649 e. The Labute approximate surface area is 71.4 Å². The van der Waals surface area contributed by atoms with E-state index in [0.29, 0.717) is 5.41 Å². The second kappa shape index (κ2) is 2.80. The van der Waals surface area contributed by atoms with Gasteiger partial charge in [0, 0.05) is 0 Å². The maximum Gasteiger partial charge on any atom is -0.0326 e. The molecule has 0 aromatic rings. The molecule has 0 nitrogen and oxygen atoms in total. The van der Waals surface area contributed by atoms with E-state index in [1.165, 1.54) is 12.8 Å². The normalized spacial score (nSPS) is 38.5. The predicted molar refractivity (Wildman–Crippen MR) is 50.5 cm³/mol. The quantitative estimate of drug-likeness (QED) is 0.568. The molecule has 0 amide bonds. The van der Waals surface area contributed by atoms with Crippen molar-refractivity contribution in [2.24, 2.45) is 23.2 Å². The maximum atomic E-state index is 2.42. The predicted octanol–water partition coefficient (Wildman–Crippen LogP) is 3.71. The van der Waals surface area contributed by atoms with Gasteiger partial charge in [-0.15, -0.1) is 0 Å². The van der Waals surface area contributed by atoms with Gasteiger partial charge in [0.15, 0.2) is 0 Å². The zero-order chi connectivity index (χ0) is 8.65. The molecule has 66 valence electrons. The minimum Gasteiger partial charge on any atom is -0.0649 e. The molecule has 1 rings (SSSR count). The van der Waals surface area contributed by atoms with Crippen LogP contribution in [0.3, 0.4) is 0 Å². The van der Waals surface area contributed by atoms with Gasteiger partial charge in [-0.1, -0.05) is 41.0 Å². The highest BCUT2D eigenvalue weighted by Gasteiger charge is 2.42. The van der Waals surface area contributed by atoms with Crippen LogP contribution in [0.2, 0.25) is 0 Å². The third-order valence-electron chi connectivity index (χ3n) is 4.07. The first-order valence-corrected chi connectivity index (χ1v) is 4.99. The molecular formula is C11H22. The van der Waals surface area contributed by atoms with Crippen LogP contribution < -0.4 is 0 Å². The highest BCUT2D eigenvalue weighted by molar-refractivity contribution is 4.91. The second-order valence-corrected chi connectivity index (χ2v) is 5.02. The monoisotopic (exact) mass is 154 g/mol. The van der Waals surface area contributed by atoms with Crippen LogP contribution in [0.4, 0.5) is 0 Å². The van der Waals surface area contributed by atoms with Crippen molar-refractivity contribution in [1.82, 2.24) is 0 Å². The van der Waals surface area contributed by atoms with E-state index in [4.69, 9.17) is 0 Å². The van der Waals surface area contributed by atoms with Crippen LogP contribution in [0, 0.1) is 23.2 Å². The Hall–Kier alpha value is 0. The molecule has 0 aliphatic heterocycles. The molecule has 0 aromatic carbocycles. The van der Waals surface area contributed by atoms with E-state index in [-0.39, 0.29) is 0 Å². The SMILES string of the molecule is CCC(C)(C)C1CC(C)C1C. The Morgan fingerprint density at radius 2 is 1.82 bits per heavy atom. The van der Waals surface area contributed by atoms with Crippen molar-refractivity contribution in [2.75, 3.05) is 0 Å². The second-order valence-electron chi connectivity index (χ2n) is 5.02. The summed E-state index contributed by atoms with van der Waals surface area (Å²) in [6.07, 6.45) is 2.79. The summed E-state index contributed by atoms with van der Waals surface area (Å²) in [6.45, 7) is 11.9. The standard InChI is InChI=1S/C11H22/c1-6-11(4,5)10-7-8(2)9(10)3/h8-10H,6-7H2,1-5H3. The van der Waals surface area contributed by atoms with Crippen LogP contribution in [-0.2, 0) is 0 Å². The highest BCUT2D eigenvalue weighted by atomic mass is 14.5. The zero-order valence-corrected chi connectivity index (χ0v) is 8.65. The maximum absolute atomic E-state index is 2.42. The van der Waals surface area contributed by atoms with Gasteiger partial charge in [0.25, 0.3) is 0 Å². The number of hydrogen-bond donors (Lipinski definition) is 0. The van der Waals surface area contributed by atoms with Gasteiger partial charge in [0.1, 0.15) is 0 Å². The summed E-state index contributed by atoms with van der Waals surface area (Å²) in [4.78, 5) is 0. The average Bonchev–Trinajstić information content (AvgIpc) is 1.99. The molecule has 3 atom stereocenters. The molecule has 0 spiro atoms. The fraction of sp³-hybridized carbons (Fsp3) is 1.00. The first-order valence-electron chi connectivity index (χ1n) is 4.99. The van der Waals surface area contributed by atoms with Crippen molar-refractivity contribution in [3.05, 3.63) is 0 Å². The Balaban J connectivity index is 2.51. The summed E-state index contributed by atoms with van der Waals surface area (Å²) in [5.41, 5.74) is 0.589. The van der Waals surface area contributed by atoms with Crippen molar-refractivity contribution >= 4 is 0 Å². The molecule has 0 saturated heterocycles. The smallest absolute Gasteiger partial charge is 0.0326 e. The molecule has 0 radical (unpaired) electrons. The third kappa shape index (κ3) is 1.45. The molecule has 1 fully saturated rings. The van der Waals surface area contributed by atoms with E-state index in [0.717, 1.165) is 17.8 Å². The average molecular weight is 154 g/mol. The summed E-state index contributed by atoms with van der Waals surface area (Å²) < 4.78 is 0. The summed E-state index contributed by atoms with van der Waals surface area (Å²) in [6, 6.07) is 0. The summed E-state index contributed by atoms with van der Waals surface area (Å²) in [5.74, 6) is 2.93. The van der Waals surface area contributed by atoms with Gasteiger partial charge in [-0.05, 0) is 29.6 Å². The van der Waals surface area contributed by atoms with Crippen LogP contribution in [0.25, 0.3) is 0 Å². The third-order valence-corrected chi connectivity index (χ3v) is 4.07. The Bertz CT molecular complexity index is 135. The van der Waals surface area contributed by atoms with Crippen molar-refractivity contribution in [3.8, 4) is 0 Å².